The molecule has 3 heteroatoms. The zero-order valence-corrected chi connectivity index (χ0v) is 12.5. The number of nitrogens with zero attached hydrogens (tertiary/aromatic N) is 2. The molecule has 2 saturated carbocycles. The molecule has 0 aromatic carbocycles. The Morgan fingerprint density at radius 3 is 2.84 bits per heavy atom. The van der Waals surface area contributed by atoms with Crippen LogP contribution in [0.4, 0.5) is 0 Å². The van der Waals surface area contributed by atoms with E-state index in [0.717, 1.165) is 24.3 Å². The molecule has 0 spiro atoms. The van der Waals surface area contributed by atoms with E-state index in [2.05, 4.69) is 41.8 Å². The maximum atomic E-state index is 4.52. The van der Waals surface area contributed by atoms with Gasteiger partial charge in [0.15, 0.2) is 0 Å². The average molecular weight is 261 g/mol. The van der Waals surface area contributed by atoms with Crippen molar-refractivity contribution in [3.8, 4) is 0 Å². The number of hydrogen-bond donors (Lipinski definition) is 1. The highest BCUT2D eigenvalue weighted by atomic mass is 15.1. The van der Waals surface area contributed by atoms with Crippen LogP contribution in [-0.4, -0.2) is 15.6 Å². The molecule has 0 amide bonds. The SMILES string of the molecule is Cc1ncc(CNC(C)C)n1CC1CC2CCC1C2. The van der Waals surface area contributed by atoms with Crippen LogP contribution < -0.4 is 5.32 Å². The predicted molar refractivity (Wildman–Crippen MR) is 77.9 cm³/mol. The summed E-state index contributed by atoms with van der Waals surface area (Å²) in [7, 11) is 0. The summed E-state index contributed by atoms with van der Waals surface area (Å²) in [6.45, 7) is 8.68. The van der Waals surface area contributed by atoms with Gasteiger partial charge in [-0.15, -0.1) is 0 Å². The van der Waals surface area contributed by atoms with Gasteiger partial charge in [0.1, 0.15) is 5.82 Å². The molecule has 0 saturated heterocycles. The van der Waals surface area contributed by atoms with E-state index in [9.17, 15) is 0 Å². The molecule has 3 unspecified atom stereocenters. The molecular formula is C16H27N3. The molecule has 1 N–H and O–H groups in total. The number of nitrogens with one attached hydrogen (secondary N) is 1. The van der Waals surface area contributed by atoms with Gasteiger partial charge in [-0.1, -0.05) is 20.3 Å². The first kappa shape index (κ1) is 13.2. The van der Waals surface area contributed by atoms with Crippen LogP contribution in [0.2, 0.25) is 0 Å². The van der Waals surface area contributed by atoms with E-state index in [-0.39, 0.29) is 0 Å². The van der Waals surface area contributed by atoms with Gasteiger partial charge < -0.3 is 9.88 Å². The zero-order valence-electron chi connectivity index (χ0n) is 12.5. The Balaban J connectivity index is 1.68. The van der Waals surface area contributed by atoms with Crippen LogP contribution in [0.3, 0.4) is 0 Å². The van der Waals surface area contributed by atoms with E-state index in [1.807, 2.05) is 0 Å². The fourth-order valence-corrected chi connectivity index (χ4v) is 4.05. The van der Waals surface area contributed by atoms with Crippen LogP contribution in [0, 0.1) is 24.7 Å². The summed E-state index contributed by atoms with van der Waals surface area (Å²) in [6.07, 6.45) is 7.98. The Morgan fingerprint density at radius 2 is 2.21 bits per heavy atom. The van der Waals surface area contributed by atoms with Crippen molar-refractivity contribution in [2.75, 3.05) is 0 Å². The molecule has 19 heavy (non-hydrogen) atoms. The van der Waals surface area contributed by atoms with Crippen LogP contribution in [0.25, 0.3) is 0 Å². The normalized spacial score (nSPS) is 29.6. The smallest absolute Gasteiger partial charge is 0.105 e. The topological polar surface area (TPSA) is 29.9 Å². The highest BCUT2D eigenvalue weighted by Crippen LogP contribution is 2.48. The Bertz CT molecular complexity index is 435. The quantitative estimate of drug-likeness (QED) is 0.882. The van der Waals surface area contributed by atoms with Gasteiger partial charge >= 0.3 is 0 Å². The Labute approximate surface area is 116 Å². The lowest BCUT2D eigenvalue weighted by atomic mass is 9.89. The second-order valence-electron chi connectivity index (χ2n) is 6.88. The van der Waals surface area contributed by atoms with E-state index >= 15 is 0 Å². The highest BCUT2D eigenvalue weighted by Gasteiger charge is 2.39. The molecule has 1 heterocycles. The van der Waals surface area contributed by atoms with E-state index in [0.29, 0.717) is 6.04 Å². The summed E-state index contributed by atoms with van der Waals surface area (Å²) in [4.78, 5) is 4.52. The van der Waals surface area contributed by atoms with Gasteiger partial charge in [0.25, 0.3) is 0 Å². The maximum absolute atomic E-state index is 4.52. The molecule has 2 bridgehead atoms. The van der Waals surface area contributed by atoms with Crippen molar-refractivity contribution in [2.24, 2.45) is 17.8 Å². The summed E-state index contributed by atoms with van der Waals surface area (Å²) in [5, 5.41) is 3.51. The van der Waals surface area contributed by atoms with E-state index in [4.69, 9.17) is 0 Å². The van der Waals surface area contributed by atoms with Crippen molar-refractivity contribution in [3.63, 3.8) is 0 Å². The Hall–Kier alpha value is -0.830. The van der Waals surface area contributed by atoms with Gasteiger partial charge in [-0.2, -0.15) is 0 Å². The van der Waals surface area contributed by atoms with Crippen LogP contribution in [0.5, 0.6) is 0 Å². The Kier molecular flexibility index (Phi) is 3.66. The number of hydrogen-bond acceptors (Lipinski definition) is 2. The molecule has 2 aliphatic carbocycles. The third-order valence-electron chi connectivity index (χ3n) is 5.13. The molecule has 3 atom stereocenters. The van der Waals surface area contributed by atoms with Crippen LogP contribution in [-0.2, 0) is 13.1 Å². The minimum absolute atomic E-state index is 0.533. The lowest BCUT2D eigenvalue weighted by Crippen LogP contribution is -2.25. The number of aromatic nitrogens is 2. The van der Waals surface area contributed by atoms with Gasteiger partial charge in [0, 0.05) is 25.3 Å². The summed E-state index contributed by atoms with van der Waals surface area (Å²) in [5.41, 5.74) is 1.36. The average Bonchev–Trinajstić information content (AvgIpc) is 3.05. The van der Waals surface area contributed by atoms with Crippen molar-refractivity contribution in [2.45, 2.75) is 65.6 Å². The molecule has 1 aromatic heterocycles. The second-order valence-corrected chi connectivity index (χ2v) is 6.88. The summed E-state index contributed by atoms with van der Waals surface area (Å²) < 4.78 is 2.46. The van der Waals surface area contributed by atoms with Crippen molar-refractivity contribution >= 4 is 0 Å². The molecule has 106 valence electrons. The van der Waals surface area contributed by atoms with Crippen molar-refractivity contribution in [1.29, 1.82) is 0 Å². The second kappa shape index (κ2) is 5.28. The highest BCUT2D eigenvalue weighted by molar-refractivity contribution is 5.05. The van der Waals surface area contributed by atoms with Gasteiger partial charge in [0.2, 0.25) is 0 Å². The Morgan fingerprint density at radius 1 is 1.37 bits per heavy atom. The standard InChI is InChI=1S/C16H27N3/c1-11(2)17-8-16-9-18-12(3)19(16)10-15-7-13-4-5-14(15)6-13/h9,11,13-15,17H,4-8,10H2,1-3H3. The minimum atomic E-state index is 0.533. The number of fused-ring (bicyclic) bond motifs is 2. The number of imidazole rings is 1. The first-order chi connectivity index (χ1) is 9.13. The zero-order chi connectivity index (χ0) is 13.4. The molecule has 3 rings (SSSR count). The molecule has 2 fully saturated rings. The van der Waals surface area contributed by atoms with Gasteiger partial charge in [0.05, 0.1) is 5.69 Å². The van der Waals surface area contributed by atoms with Crippen LogP contribution in [0.15, 0.2) is 6.20 Å². The van der Waals surface area contributed by atoms with E-state index in [1.165, 1.54) is 43.7 Å². The lowest BCUT2D eigenvalue weighted by molar-refractivity contribution is 0.290. The number of aryl methyl sites for hydroxylation is 1. The molecule has 1 aromatic rings. The van der Waals surface area contributed by atoms with Crippen molar-refractivity contribution < 1.29 is 0 Å². The monoisotopic (exact) mass is 261 g/mol. The minimum Gasteiger partial charge on any atom is -0.331 e. The van der Waals surface area contributed by atoms with Crippen LogP contribution >= 0.6 is 0 Å². The van der Waals surface area contributed by atoms with E-state index < -0.39 is 0 Å². The van der Waals surface area contributed by atoms with Gasteiger partial charge in [-0.05, 0) is 43.9 Å². The third kappa shape index (κ3) is 2.71. The summed E-state index contributed by atoms with van der Waals surface area (Å²) in [5.74, 6) is 4.13. The lowest BCUT2D eigenvalue weighted by Gasteiger charge is -2.24. The predicted octanol–water partition coefficient (Wildman–Crippen LogP) is 3.13. The molecule has 0 aliphatic heterocycles. The van der Waals surface area contributed by atoms with Gasteiger partial charge in [-0.3, -0.25) is 0 Å². The first-order valence-corrected chi connectivity index (χ1v) is 7.88. The largest absolute Gasteiger partial charge is 0.331 e. The molecule has 0 radical (unpaired) electrons. The fourth-order valence-electron chi connectivity index (χ4n) is 4.05. The van der Waals surface area contributed by atoms with E-state index in [1.54, 1.807) is 0 Å². The number of rotatable bonds is 5. The maximum Gasteiger partial charge on any atom is 0.105 e. The summed E-state index contributed by atoms with van der Waals surface area (Å²) in [6, 6.07) is 0.533. The van der Waals surface area contributed by atoms with Crippen molar-refractivity contribution in [3.05, 3.63) is 17.7 Å². The molecule has 2 aliphatic rings. The van der Waals surface area contributed by atoms with Gasteiger partial charge in [-0.25, -0.2) is 4.98 Å². The first-order valence-electron chi connectivity index (χ1n) is 7.88. The third-order valence-corrected chi connectivity index (χ3v) is 5.13. The molecule has 3 nitrogen and oxygen atoms in total. The van der Waals surface area contributed by atoms with Crippen molar-refractivity contribution in [1.82, 2.24) is 14.9 Å². The molecular weight excluding hydrogens is 234 g/mol. The fraction of sp³-hybridized carbons (Fsp3) is 0.812. The summed E-state index contributed by atoms with van der Waals surface area (Å²) >= 11 is 0. The van der Waals surface area contributed by atoms with Crippen LogP contribution in [0.1, 0.15) is 51.0 Å².